The number of nitrogens with zero attached hydrogens (tertiary/aromatic N) is 2. The number of hydrogen-bond acceptors (Lipinski definition) is 1. The van der Waals surface area contributed by atoms with Gasteiger partial charge in [-0.3, -0.25) is 4.40 Å². The van der Waals surface area contributed by atoms with Crippen molar-refractivity contribution in [2.24, 2.45) is 0 Å². The summed E-state index contributed by atoms with van der Waals surface area (Å²) in [6, 6.07) is 15.4. The maximum Gasteiger partial charge on any atom is 0.145 e. The van der Waals surface area contributed by atoms with Crippen LogP contribution in [0.15, 0.2) is 67.0 Å². The zero-order chi connectivity index (χ0) is 16.1. The predicted octanol–water partition coefficient (Wildman–Crippen LogP) is 5.85. The van der Waals surface area contributed by atoms with Gasteiger partial charge in [-0.25, -0.2) is 4.98 Å². The van der Waals surface area contributed by atoms with Crippen molar-refractivity contribution in [1.29, 1.82) is 0 Å². The number of rotatable bonds is 1. The smallest absolute Gasteiger partial charge is 0.145 e. The van der Waals surface area contributed by atoms with E-state index in [2.05, 4.69) is 64.6 Å². The van der Waals surface area contributed by atoms with Crippen LogP contribution in [0.2, 0.25) is 0 Å². The van der Waals surface area contributed by atoms with Gasteiger partial charge in [0, 0.05) is 23.2 Å². The van der Waals surface area contributed by atoms with Crippen molar-refractivity contribution in [2.45, 2.75) is 31.6 Å². The molecule has 2 heteroatoms. The molecule has 0 bridgehead atoms. The van der Waals surface area contributed by atoms with Crippen LogP contribution in [0.25, 0.3) is 27.3 Å². The summed E-state index contributed by atoms with van der Waals surface area (Å²) in [6.45, 7) is 4.18. The average Bonchev–Trinajstić information content (AvgIpc) is 3.12. The monoisotopic (exact) mass is 312 g/mol. The summed E-state index contributed by atoms with van der Waals surface area (Å²) in [5.41, 5.74) is 5.22. The zero-order valence-corrected chi connectivity index (χ0v) is 13.7. The number of allylic oxidation sites excluding steroid dienone is 1. The molecule has 2 heterocycles. The van der Waals surface area contributed by atoms with E-state index >= 15 is 0 Å². The van der Waals surface area contributed by atoms with Crippen LogP contribution in [0, 0.1) is 0 Å². The largest absolute Gasteiger partial charge is 0.299 e. The van der Waals surface area contributed by atoms with Gasteiger partial charge >= 0.3 is 0 Å². The number of pyridine rings is 1. The van der Waals surface area contributed by atoms with Crippen LogP contribution in [-0.2, 0) is 0 Å². The first kappa shape index (κ1) is 13.8. The molecule has 1 saturated carbocycles. The van der Waals surface area contributed by atoms with E-state index in [-0.39, 0.29) is 0 Å². The van der Waals surface area contributed by atoms with E-state index in [0.717, 1.165) is 18.5 Å². The van der Waals surface area contributed by atoms with Crippen LogP contribution in [0.1, 0.15) is 37.2 Å². The molecule has 1 fully saturated rings. The number of benzene rings is 2. The fraction of sp³-hybridized carbons (Fsp3) is 0.227. The molecular weight excluding hydrogens is 292 g/mol. The molecule has 2 aromatic carbocycles. The second kappa shape index (κ2) is 5.20. The Morgan fingerprint density at radius 1 is 0.958 bits per heavy atom. The molecule has 0 atom stereocenters. The topological polar surface area (TPSA) is 17.3 Å². The van der Waals surface area contributed by atoms with Crippen LogP contribution in [0.5, 0.6) is 0 Å². The first-order chi connectivity index (χ1) is 11.8. The van der Waals surface area contributed by atoms with E-state index in [1.165, 1.54) is 45.7 Å². The summed E-state index contributed by atoms with van der Waals surface area (Å²) >= 11 is 0. The molecule has 0 aliphatic heterocycles. The summed E-state index contributed by atoms with van der Waals surface area (Å²) < 4.78 is 2.24. The average molecular weight is 312 g/mol. The molecule has 4 aromatic rings. The van der Waals surface area contributed by atoms with Crippen molar-refractivity contribution in [3.63, 3.8) is 0 Å². The van der Waals surface area contributed by atoms with Gasteiger partial charge in [0.15, 0.2) is 0 Å². The highest BCUT2D eigenvalue weighted by Gasteiger charge is 2.21. The molecule has 0 amide bonds. The van der Waals surface area contributed by atoms with Crippen LogP contribution < -0.4 is 0 Å². The minimum atomic E-state index is 0.628. The van der Waals surface area contributed by atoms with E-state index in [4.69, 9.17) is 0 Å². The van der Waals surface area contributed by atoms with Crippen LogP contribution in [0.4, 0.5) is 0 Å². The van der Waals surface area contributed by atoms with Gasteiger partial charge in [0.25, 0.3) is 0 Å². The summed E-state index contributed by atoms with van der Waals surface area (Å²) in [7, 11) is 0. The summed E-state index contributed by atoms with van der Waals surface area (Å²) in [5, 5.41) is 3.96. The van der Waals surface area contributed by atoms with Crippen molar-refractivity contribution in [2.75, 3.05) is 0 Å². The van der Waals surface area contributed by atoms with Crippen molar-refractivity contribution >= 4 is 27.3 Å². The molecule has 0 N–H and O–H groups in total. The molecule has 24 heavy (non-hydrogen) atoms. The van der Waals surface area contributed by atoms with E-state index < -0.39 is 0 Å². The SMILES string of the molecule is C=C1CCC(c2cccc3c2c2ccccc2c2nccn32)CC1. The van der Waals surface area contributed by atoms with Gasteiger partial charge in [-0.05, 0) is 48.6 Å². The maximum absolute atomic E-state index is 4.60. The molecule has 0 saturated heterocycles. The van der Waals surface area contributed by atoms with E-state index in [9.17, 15) is 0 Å². The van der Waals surface area contributed by atoms with Crippen LogP contribution in [0.3, 0.4) is 0 Å². The number of imidazole rings is 1. The fourth-order valence-corrected chi connectivity index (χ4v) is 4.32. The van der Waals surface area contributed by atoms with Crippen LogP contribution in [-0.4, -0.2) is 9.38 Å². The van der Waals surface area contributed by atoms with Crippen molar-refractivity contribution in [3.8, 4) is 0 Å². The Hall–Kier alpha value is -2.61. The summed E-state index contributed by atoms with van der Waals surface area (Å²) in [4.78, 5) is 4.60. The van der Waals surface area contributed by atoms with Gasteiger partial charge in [-0.15, -0.1) is 0 Å². The lowest BCUT2D eigenvalue weighted by Crippen LogP contribution is -2.07. The minimum Gasteiger partial charge on any atom is -0.299 e. The maximum atomic E-state index is 4.60. The van der Waals surface area contributed by atoms with E-state index in [0.29, 0.717) is 5.92 Å². The molecule has 0 spiro atoms. The zero-order valence-electron chi connectivity index (χ0n) is 13.7. The highest BCUT2D eigenvalue weighted by molar-refractivity contribution is 6.13. The second-order valence-corrected chi connectivity index (χ2v) is 6.93. The van der Waals surface area contributed by atoms with Crippen molar-refractivity contribution in [3.05, 3.63) is 72.6 Å². The van der Waals surface area contributed by atoms with Gasteiger partial charge in [-0.2, -0.15) is 0 Å². The van der Waals surface area contributed by atoms with Crippen molar-refractivity contribution in [1.82, 2.24) is 9.38 Å². The summed E-state index contributed by atoms with van der Waals surface area (Å²) in [5.74, 6) is 0.628. The normalized spacial score (nSPS) is 16.4. The molecule has 1 aliphatic carbocycles. The van der Waals surface area contributed by atoms with Gasteiger partial charge in [0.2, 0.25) is 0 Å². The lowest BCUT2D eigenvalue weighted by atomic mass is 9.80. The number of fused-ring (bicyclic) bond motifs is 6. The number of hydrogen-bond donors (Lipinski definition) is 0. The fourth-order valence-electron chi connectivity index (χ4n) is 4.32. The van der Waals surface area contributed by atoms with Gasteiger partial charge in [-0.1, -0.05) is 48.6 Å². The molecular formula is C22H20N2. The van der Waals surface area contributed by atoms with Gasteiger partial charge in [0.05, 0.1) is 5.52 Å². The lowest BCUT2D eigenvalue weighted by Gasteiger charge is -2.25. The molecule has 0 unspecified atom stereocenters. The third kappa shape index (κ3) is 1.92. The molecule has 1 aliphatic rings. The predicted molar refractivity (Wildman–Crippen MR) is 101 cm³/mol. The highest BCUT2D eigenvalue weighted by Crippen LogP contribution is 2.40. The molecule has 2 aromatic heterocycles. The molecule has 0 radical (unpaired) electrons. The Morgan fingerprint density at radius 3 is 2.58 bits per heavy atom. The Morgan fingerprint density at radius 2 is 1.75 bits per heavy atom. The van der Waals surface area contributed by atoms with Gasteiger partial charge < -0.3 is 0 Å². The third-order valence-corrected chi connectivity index (χ3v) is 5.54. The molecule has 2 nitrogen and oxygen atoms in total. The third-order valence-electron chi connectivity index (χ3n) is 5.54. The first-order valence-corrected chi connectivity index (χ1v) is 8.76. The summed E-state index contributed by atoms with van der Waals surface area (Å²) in [6.07, 6.45) is 8.73. The van der Waals surface area contributed by atoms with E-state index in [1.807, 2.05) is 6.20 Å². The lowest BCUT2D eigenvalue weighted by molar-refractivity contribution is 0.521. The van der Waals surface area contributed by atoms with Crippen LogP contribution >= 0.6 is 0 Å². The Labute approximate surface area is 141 Å². The Balaban J connectivity index is 1.89. The second-order valence-electron chi connectivity index (χ2n) is 6.93. The first-order valence-electron chi connectivity index (χ1n) is 8.76. The quantitative estimate of drug-likeness (QED) is 0.318. The number of aromatic nitrogens is 2. The standard InChI is InChI=1S/C22H20N2/c1-15-9-11-16(12-10-15)17-7-4-8-20-21(17)18-5-2-3-6-19(18)22-23-13-14-24(20)22/h2-8,13-14,16H,1,9-12H2. The molecule has 5 rings (SSSR count). The molecule has 118 valence electrons. The minimum absolute atomic E-state index is 0.628. The van der Waals surface area contributed by atoms with Gasteiger partial charge in [0.1, 0.15) is 5.65 Å². The van der Waals surface area contributed by atoms with E-state index in [1.54, 1.807) is 0 Å². The van der Waals surface area contributed by atoms with Crippen molar-refractivity contribution < 1.29 is 0 Å². The Kier molecular flexibility index (Phi) is 2.99. The Bertz CT molecular complexity index is 1080. The highest BCUT2D eigenvalue weighted by atomic mass is 15.0.